The number of rotatable bonds is 4. The first-order valence-electron chi connectivity index (χ1n) is 7.75. The van der Waals surface area contributed by atoms with Crippen molar-refractivity contribution in [1.82, 2.24) is 10.6 Å². The highest BCUT2D eigenvalue weighted by atomic mass is 32.2. The molecule has 1 unspecified atom stereocenters. The minimum atomic E-state index is 0.244. The van der Waals surface area contributed by atoms with Crippen molar-refractivity contribution in [2.75, 3.05) is 18.1 Å². The smallest absolute Gasteiger partial charge is 0.221 e. The van der Waals surface area contributed by atoms with Crippen molar-refractivity contribution in [3.63, 3.8) is 0 Å². The van der Waals surface area contributed by atoms with E-state index in [1.54, 1.807) is 0 Å². The second kappa shape index (κ2) is 7.53. The van der Waals surface area contributed by atoms with E-state index in [1.807, 2.05) is 11.8 Å². The summed E-state index contributed by atoms with van der Waals surface area (Å²) in [5.74, 6) is 4.16. The van der Waals surface area contributed by atoms with Crippen LogP contribution in [0.5, 0.6) is 0 Å². The molecule has 1 saturated heterocycles. The summed E-state index contributed by atoms with van der Waals surface area (Å²) in [5, 5.41) is 6.66. The van der Waals surface area contributed by atoms with E-state index in [4.69, 9.17) is 0 Å². The summed E-state index contributed by atoms with van der Waals surface area (Å²) >= 11 is 1.95. The van der Waals surface area contributed by atoms with E-state index >= 15 is 0 Å². The molecule has 1 aliphatic carbocycles. The SMILES string of the molecule is CC(C)C1CCC(NC(=O)CC2CSCCN2)CC1. The fraction of sp³-hybridized carbons (Fsp3) is 0.933. The third-order valence-electron chi connectivity index (χ3n) is 4.51. The first-order chi connectivity index (χ1) is 9.15. The predicted molar refractivity (Wildman–Crippen MR) is 82.5 cm³/mol. The fourth-order valence-corrected chi connectivity index (χ4v) is 4.14. The minimum Gasteiger partial charge on any atom is -0.353 e. The van der Waals surface area contributed by atoms with E-state index < -0.39 is 0 Å². The predicted octanol–water partition coefficient (Wildman–Crippen LogP) is 2.41. The number of hydrogen-bond donors (Lipinski definition) is 2. The Bertz CT molecular complexity index is 282. The second-order valence-corrected chi connectivity index (χ2v) is 7.50. The molecule has 2 fully saturated rings. The van der Waals surface area contributed by atoms with Crippen molar-refractivity contribution in [1.29, 1.82) is 0 Å². The van der Waals surface area contributed by atoms with Gasteiger partial charge in [-0.3, -0.25) is 4.79 Å². The molecule has 1 saturated carbocycles. The lowest BCUT2D eigenvalue weighted by Gasteiger charge is -2.32. The first kappa shape index (κ1) is 15.2. The maximum Gasteiger partial charge on any atom is 0.221 e. The maximum absolute atomic E-state index is 12.0. The number of thioether (sulfide) groups is 1. The molecule has 2 aliphatic rings. The largest absolute Gasteiger partial charge is 0.353 e. The summed E-state index contributed by atoms with van der Waals surface area (Å²) in [6, 6.07) is 0.810. The van der Waals surface area contributed by atoms with E-state index in [0.29, 0.717) is 18.5 Å². The molecule has 3 nitrogen and oxygen atoms in total. The summed E-state index contributed by atoms with van der Waals surface area (Å²) in [7, 11) is 0. The molecule has 0 radical (unpaired) electrons. The van der Waals surface area contributed by atoms with Gasteiger partial charge in [-0.25, -0.2) is 0 Å². The average Bonchev–Trinajstić information content (AvgIpc) is 2.40. The molecular formula is C15H28N2OS. The van der Waals surface area contributed by atoms with Crippen LogP contribution in [0.25, 0.3) is 0 Å². The average molecular weight is 284 g/mol. The molecule has 4 heteroatoms. The van der Waals surface area contributed by atoms with Crippen LogP contribution in [0.15, 0.2) is 0 Å². The van der Waals surface area contributed by atoms with Gasteiger partial charge in [-0.2, -0.15) is 11.8 Å². The lowest BCUT2D eigenvalue weighted by atomic mass is 9.79. The number of carbonyl (C=O) groups is 1. The van der Waals surface area contributed by atoms with E-state index in [2.05, 4.69) is 24.5 Å². The van der Waals surface area contributed by atoms with E-state index in [-0.39, 0.29) is 5.91 Å². The Kier molecular flexibility index (Phi) is 6.02. The molecular weight excluding hydrogens is 256 g/mol. The molecule has 110 valence electrons. The maximum atomic E-state index is 12.0. The minimum absolute atomic E-state index is 0.244. The fourth-order valence-electron chi connectivity index (χ4n) is 3.19. The van der Waals surface area contributed by atoms with Gasteiger partial charge in [-0.05, 0) is 37.5 Å². The van der Waals surface area contributed by atoms with Crippen LogP contribution in [0.3, 0.4) is 0 Å². The van der Waals surface area contributed by atoms with Crippen molar-refractivity contribution >= 4 is 17.7 Å². The van der Waals surface area contributed by atoms with Crippen LogP contribution in [0.4, 0.5) is 0 Å². The van der Waals surface area contributed by atoms with Gasteiger partial charge >= 0.3 is 0 Å². The van der Waals surface area contributed by atoms with E-state index in [9.17, 15) is 4.79 Å². The second-order valence-electron chi connectivity index (χ2n) is 6.35. The van der Waals surface area contributed by atoms with Gasteiger partial charge in [0.2, 0.25) is 5.91 Å². The van der Waals surface area contributed by atoms with Crippen LogP contribution < -0.4 is 10.6 Å². The molecule has 1 aliphatic heterocycles. The molecule has 2 N–H and O–H groups in total. The molecule has 0 spiro atoms. The Morgan fingerprint density at radius 3 is 2.63 bits per heavy atom. The molecule has 0 aromatic carbocycles. The summed E-state index contributed by atoms with van der Waals surface area (Å²) in [5.41, 5.74) is 0. The van der Waals surface area contributed by atoms with Crippen LogP contribution in [0.1, 0.15) is 46.0 Å². The zero-order valence-electron chi connectivity index (χ0n) is 12.3. The molecule has 0 aromatic heterocycles. The van der Waals surface area contributed by atoms with Crippen molar-refractivity contribution < 1.29 is 4.79 Å². The lowest BCUT2D eigenvalue weighted by Crippen LogP contribution is -2.44. The quantitative estimate of drug-likeness (QED) is 0.833. The molecule has 19 heavy (non-hydrogen) atoms. The van der Waals surface area contributed by atoms with Crippen molar-refractivity contribution in [3.05, 3.63) is 0 Å². The highest BCUT2D eigenvalue weighted by Crippen LogP contribution is 2.29. The van der Waals surface area contributed by atoms with Gasteiger partial charge in [0.25, 0.3) is 0 Å². The third-order valence-corrected chi connectivity index (χ3v) is 5.64. The zero-order chi connectivity index (χ0) is 13.7. The van der Waals surface area contributed by atoms with Gasteiger partial charge in [-0.15, -0.1) is 0 Å². The topological polar surface area (TPSA) is 41.1 Å². The van der Waals surface area contributed by atoms with Crippen LogP contribution in [-0.4, -0.2) is 36.0 Å². The molecule has 2 rings (SSSR count). The standard InChI is InChI=1S/C15H28N2OS/c1-11(2)12-3-5-13(6-4-12)17-15(18)9-14-10-19-8-7-16-14/h11-14,16H,3-10H2,1-2H3,(H,17,18). The number of hydrogen-bond acceptors (Lipinski definition) is 3. The highest BCUT2D eigenvalue weighted by molar-refractivity contribution is 7.99. The molecule has 1 atom stereocenters. The van der Waals surface area contributed by atoms with Crippen LogP contribution in [0.2, 0.25) is 0 Å². The number of carbonyl (C=O) groups excluding carboxylic acids is 1. The number of nitrogens with one attached hydrogen (secondary N) is 2. The van der Waals surface area contributed by atoms with Gasteiger partial charge in [-0.1, -0.05) is 13.8 Å². The van der Waals surface area contributed by atoms with Gasteiger partial charge < -0.3 is 10.6 Å². The van der Waals surface area contributed by atoms with E-state index in [1.165, 1.54) is 31.4 Å². The van der Waals surface area contributed by atoms with E-state index in [0.717, 1.165) is 24.1 Å². The Balaban J connectivity index is 1.65. The summed E-state index contributed by atoms with van der Waals surface area (Å²) < 4.78 is 0. The number of amides is 1. The Morgan fingerprint density at radius 1 is 1.32 bits per heavy atom. The Labute approximate surface area is 121 Å². The molecule has 0 aromatic rings. The normalized spacial score (nSPS) is 32.3. The van der Waals surface area contributed by atoms with Crippen LogP contribution >= 0.6 is 11.8 Å². The van der Waals surface area contributed by atoms with Crippen molar-refractivity contribution in [2.24, 2.45) is 11.8 Å². The molecule has 0 bridgehead atoms. The van der Waals surface area contributed by atoms with Gasteiger partial charge in [0.05, 0.1) is 0 Å². The monoisotopic (exact) mass is 284 g/mol. The first-order valence-corrected chi connectivity index (χ1v) is 8.91. The van der Waals surface area contributed by atoms with Gasteiger partial charge in [0.1, 0.15) is 0 Å². The summed E-state index contributed by atoms with van der Waals surface area (Å²) in [4.78, 5) is 12.0. The van der Waals surface area contributed by atoms with Crippen LogP contribution in [-0.2, 0) is 4.79 Å². The zero-order valence-corrected chi connectivity index (χ0v) is 13.1. The summed E-state index contributed by atoms with van der Waals surface area (Å²) in [6.45, 7) is 5.67. The van der Waals surface area contributed by atoms with Gasteiger partial charge in [0.15, 0.2) is 0 Å². The Morgan fingerprint density at radius 2 is 2.05 bits per heavy atom. The highest BCUT2D eigenvalue weighted by Gasteiger charge is 2.25. The molecule has 1 heterocycles. The van der Waals surface area contributed by atoms with Crippen molar-refractivity contribution in [2.45, 2.75) is 58.0 Å². The van der Waals surface area contributed by atoms with Gasteiger partial charge in [0, 0.05) is 36.6 Å². The third kappa shape index (κ3) is 4.99. The molecule has 1 amide bonds. The van der Waals surface area contributed by atoms with Crippen molar-refractivity contribution in [3.8, 4) is 0 Å². The summed E-state index contributed by atoms with van der Waals surface area (Å²) in [6.07, 6.45) is 5.54. The Hall–Kier alpha value is -0.220. The van der Waals surface area contributed by atoms with Crippen LogP contribution in [0, 0.1) is 11.8 Å². The lowest BCUT2D eigenvalue weighted by molar-refractivity contribution is -0.122.